The molecule has 3 heterocycles. The first kappa shape index (κ1) is 99.9. The van der Waals surface area contributed by atoms with Crippen LogP contribution in [0.5, 0.6) is 46.0 Å². The minimum atomic E-state index is -0.950. The van der Waals surface area contributed by atoms with Gasteiger partial charge in [0.15, 0.2) is 46.0 Å². The molecular formula is C111H117N11O18. The predicted molar refractivity (Wildman–Crippen MR) is 530 cm³/mol. The molecule has 3 aliphatic rings. The molecule has 3 aliphatic heterocycles. The molecule has 0 aliphatic carbocycles. The first-order chi connectivity index (χ1) is 68.3. The lowest BCUT2D eigenvalue weighted by Crippen LogP contribution is -2.47. The molecule has 8 bridgehead atoms. The van der Waals surface area contributed by atoms with Crippen LogP contribution in [0.15, 0.2) is 291 Å². The number of hydrogen-bond acceptors (Lipinski definition) is 20. The van der Waals surface area contributed by atoms with Gasteiger partial charge < -0.3 is 95.8 Å². The van der Waals surface area contributed by atoms with Gasteiger partial charge in [-0.25, -0.2) is 4.79 Å². The summed E-state index contributed by atoms with van der Waals surface area (Å²) in [5.41, 5.74) is 5.41. The summed E-state index contributed by atoms with van der Waals surface area (Å²) >= 11 is 0. The van der Waals surface area contributed by atoms with E-state index in [1.54, 1.807) is 20.8 Å². The van der Waals surface area contributed by atoms with Crippen LogP contribution in [0.25, 0.3) is 0 Å². The number of carbonyl (C=O) groups excluding carboxylic acids is 9. The van der Waals surface area contributed by atoms with Crippen molar-refractivity contribution in [2.45, 2.75) is 117 Å². The van der Waals surface area contributed by atoms with Gasteiger partial charge in [0.2, 0.25) is 0 Å². The number of fused-ring (bicyclic) bond motifs is 19. The summed E-state index contributed by atoms with van der Waals surface area (Å²) in [5, 5.41) is 31.3. The molecule has 0 saturated heterocycles. The Labute approximate surface area is 814 Å². The van der Waals surface area contributed by atoms with Crippen LogP contribution < -0.4 is 91.1 Å². The molecule has 0 unspecified atom stereocenters. The van der Waals surface area contributed by atoms with Crippen LogP contribution in [0.3, 0.4) is 0 Å². The van der Waals surface area contributed by atoms with Crippen molar-refractivity contribution >= 4 is 53.4 Å². The van der Waals surface area contributed by atoms with Gasteiger partial charge >= 0.3 is 6.09 Å². The van der Waals surface area contributed by atoms with Gasteiger partial charge in [0.25, 0.3) is 47.3 Å². The summed E-state index contributed by atoms with van der Waals surface area (Å²) in [6.45, 7) is 5.19. The number of carbonyl (C=O) groups is 9. The Kier molecular flexibility index (Phi) is 36.6. The van der Waals surface area contributed by atoms with Crippen molar-refractivity contribution < 1.29 is 85.8 Å². The predicted octanol–water partition coefficient (Wildman–Crippen LogP) is 15.0. The van der Waals surface area contributed by atoms with E-state index in [1.165, 1.54) is 48.5 Å². The molecule has 724 valence electrons. The average Bonchev–Trinajstić information content (AvgIpc) is 0.819. The lowest BCUT2D eigenvalue weighted by atomic mass is 10.0. The molecule has 10 N–H and O–H groups in total. The SMILES string of the molecule is CC(C)(C)OC(=O)NCCCNC(=O)c1ccc(C(=O)NCC[C@H]2CNC3CCNC(=O)c4ccc(c(OCc5ccccc5)c4OCc4ccccc4)C(=O)NCCN(CCNC(=O)c4ccc(c(OCc5ccccc5)c4OCc4ccccc4)C(=O)NCC3)CCNC(=O)c3ccc(c(OCc4ccccc4)c3OCc3ccccc3)C(=O)N2)c(OCc2ccccc2)c1OCc1ccccc1. The van der Waals surface area contributed by atoms with Gasteiger partial charge in [0.1, 0.15) is 58.5 Å². The number of alkyl carbamates (subject to hydrolysis) is 1. The molecule has 0 fully saturated rings. The second kappa shape index (κ2) is 51.2. The fourth-order valence-electron chi connectivity index (χ4n) is 15.7. The van der Waals surface area contributed by atoms with Crippen LogP contribution in [0.2, 0.25) is 0 Å². The topological polar surface area (TPSA) is 360 Å². The zero-order chi connectivity index (χ0) is 97.6. The molecule has 29 heteroatoms. The third kappa shape index (κ3) is 29.5. The normalized spacial score (nSPS) is 15.2. The third-order valence-corrected chi connectivity index (χ3v) is 23.0. The maximum Gasteiger partial charge on any atom is 0.407 e. The number of nitrogens with one attached hydrogen (secondary N) is 10. The van der Waals surface area contributed by atoms with E-state index in [0.717, 1.165) is 44.5 Å². The Morgan fingerprint density at radius 3 is 0.836 bits per heavy atom. The van der Waals surface area contributed by atoms with Gasteiger partial charge in [0.05, 0.1) is 44.5 Å². The van der Waals surface area contributed by atoms with Gasteiger partial charge in [-0.05, 0) is 139 Å². The summed E-state index contributed by atoms with van der Waals surface area (Å²) in [5.74, 6) is -5.08. The van der Waals surface area contributed by atoms with Crippen molar-refractivity contribution in [1.82, 2.24) is 58.1 Å². The van der Waals surface area contributed by atoms with Crippen LogP contribution in [0, 0.1) is 0 Å². The molecule has 0 saturated carbocycles. The van der Waals surface area contributed by atoms with Crippen molar-refractivity contribution in [2.75, 3.05) is 78.5 Å². The number of benzene rings is 12. The van der Waals surface area contributed by atoms with Gasteiger partial charge in [-0.15, -0.1) is 0 Å². The van der Waals surface area contributed by atoms with E-state index in [1.807, 2.05) is 248 Å². The van der Waals surface area contributed by atoms with E-state index >= 15 is 33.6 Å². The fraction of sp³-hybridized carbons (Fsp3) is 0.270. The third-order valence-electron chi connectivity index (χ3n) is 23.0. The van der Waals surface area contributed by atoms with Gasteiger partial charge in [-0.1, -0.05) is 243 Å². The summed E-state index contributed by atoms with van der Waals surface area (Å²) < 4.78 is 59.2. The van der Waals surface area contributed by atoms with E-state index in [-0.39, 0.29) is 241 Å². The Balaban J connectivity index is 0.869. The first-order valence-electron chi connectivity index (χ1n) is 47.0. The number of nitrogens with zero attached hydrogens (tertiary/aromatic N) is 1. The van der Waals surface area contributed by atoms with Gasteiger partial charge in [-0.3, -0.25) is 43.3 Å². The minimum Gasteiger partial charge on any atom is -0.484 e. The lowest BCUT2D eigenvalue weighted by molar-refractivity contribution is 0.0526. The van der Waals surface area contributed by atoms with E-state index in [0.29, 0.717) is 6.42 Å². The van der Waals surface area contributed by atoms with Crippen molar-refractivity contribution in [1.29, 1.82) is 0 Å². The zero-order valence-electron chi connectivity index (χ0n) is 78.6. The Morgan fingerprint density at radius 2 is 0.557 bits per heavy atom. The number of hydrogen-bond donors (Lipinski definition) is 10. The highest BCUT2D eigenvalue weighted by Gasteiger charge is 2.33. The largest absolute Gasteiger partial charge is 0.484 e. The average molecular weight is 1890 g/mol. The van der Waals surface area contributed by atoms with Crippen LogP contribution in [-0.2, 0) is 57.6 Å². The fourth-order valence-corrected chi connectivity index (χ4v) is 15.7. The Hall–Kier alpha value is -16.0. The highest BCUT2D eigenvalue weighted by molar-refractivity contribution is 6.06. The zero-order valence-corrected chi connectivity index (χ0v) is 78.6. The van der Waals surface area contributed by atoms with Gasteiger partial charge in [-0.2, -0.15) is 0 Å². The molecule has 15 rings (SSSR count). The number of ether oxygens (including phenoxy) is 9. The molecule has 12 aromatic carbocycles. The maximum atomic E-state index is 16.1. The lowest BCUT2D eigenvalue weighted by Gasteiger charge is -2.26. The van der Waals surface area contributed by atoms with Crippen LogP contribution in [0.1, 0.15) is 174 Å². The second-order valence-corrected chi connectivity index (χ2v) is 34.5. The number of amides is 9. The summed E-state index contributed by atoms with van der Waals surface area (Å²) in [6, 6.07) is 84.8. The summed E-state index contributed by atoms with van der Waals surface area (Å²) in [6.07, 6.45) is -0.00264. The van der Waals surface area contributed by atoms with Crippen molar-refractivity contribution in [3.05, 3.63) is 380 Å². The van der Waals surface area contributed by atoms with Crippen LogP contribution >= 0.6 is 0 Å². The van der Waals surface area contributed by atoms with Crippen molar-refractivity contribution in [3.63, 3.8) is 0 Å². The highest BCUT2D eigenvalue weighted by Crippen LogP contribution is 2.42. The van der Waals surface area contributed by atoms with E-state index in [2.05, 4.69) is 53.2 Å². The molecule has 12 aromatic rings. The molecule has 9 amide bonds. The smallest absolute Gasteiger partial charge is 0.407 e. The van der Waals surface area contributed by atoms with E-state index in [4.69, 9.17) is 42.6 Å². The Bertz CT molecular complexity index is 5970. The van der Waals surface area contributed by atoms with Crippen molar-refractivity contribution in [2.24, 2.45) is 0 Å². The second-order valence-electron chi connectivity index (χ2n) is 34.5. The minimum absolute atomic E-state index is 0.00381. The summed E-state index contributed by atoms with van der Waals surface area (Å²) in [7, 11) is 0. The molecule has 0 spiro atoms. The molecular weight excluding hydrogens is 1780 g/mol. The summed E-state index contributed by atoms with van der Waals surface area (Å²) in [4.78, 5) is 138. The van der Waals surface area contributed by atoms with Crippen LogP contribution in [-0.4, -0.2) is 154 Å². The monoisotopic (exact) mass is 1890 g/mol. The van der Waals surface area contributed by atoms with Gasteiger partial charge in [0, 0.05) is 90.6 Å². The quantitative estimate of drug-likeness (QED) is 0.0171. The number of rotatable bonds is 33. The maximum absolute atomic E-state index is 16.1. The highest BCUT2D eigenvalue weighted by atomic mass is 16.6. The molecule has 0 radical (unpaired) electrons. The van der Waals surface area contributed by atoms with Crippen molar-refractivity contribution in [3.8, 4) is 46.0 Å². The molecule has 0 aromatic heterocycles. The first-order valence-corrected chi connectivity index (χ1v) is 47.0. The molecule has 1 atom stereocenters. The standard InChI is InChI=1S/C111H117N11O18/c1-111(2,3)140-110(131)119-57-28-56-112-102(123)86-45-46-89(95(133-69-77-31-14-5-15-32-77)94(86)132-68-76-29-12-4-13-30-76)105(126)115-60-55-85-67-120-84-53-58-113-103(124)87-47-49-90(98(136-72-80-37-20-8-21-38-80)96(87)134-70-78-33-16-6-17-34-78)106(127)116-61-64-122(66-63-118-108(129)92-51-52-93(109(130)121-85)101(139-75-83-43-26-11-27-44-83)100(92)138-74-82-41-24-10-25-42-82)65-62-117-107(128)91-50-48-88(104(125)114-59-54-84)97(135-71-79-35-18-7-19-36-79)99(91)137-73-81-39-22-9-23-40-81/h4-27,29-52,84-85,120H,28,53-75H2,1-3H3,(H,112,123)(H,113,124)(H,114,125)(H,115,126)(H,116,127)(H,117,128)(H,118,129)(H,119,131)(H,121,130)/t85-/m0/s1. The van der Waals surface area contributed by atoms with E-state index < -0.39 is 71.0 Å². The van der Waals surface area contributed by atoms with Crippen LogP contribution in [0.4, 0.5) is 4.79 Å². The van der Waals surface area contributed by atoms with E-state index in [9.17, 15) is 9.59 Å². The molecule has 140 heavy (non-hydrogen) atoms. The molecule has 29 nitrogen and oxygen atoms in total. The Morgan fingerprint density at radius 1 is 0.307 bits per heavy atom.